The quantitative estimate of drug-likeness (QED) is 0.691. The molecule has 0 radical (unpaired) electrons. The zero-order valence-electron chi connectivity index (χ0n) is 11.7. The molecule has 1 heterocycles. The van der Waals surface area contributed by atoms with Crippen molar-refractivity contribution < 1.29 is 29.2 Å². The highest BCUT2D eigenvalue weighted by Crippen LogP contribution is 2.23. The van der Waals surface area contributed by atoms with Gasteiger partial charge in [-0.05, 0) is 26.7 Å². The van der Waals surface area contributed by atoms with E-state index >= 15 is 0 Å². The van der Waals surface area contributed by atoms with Crippen molar-refractivity contribution in [3.8, 4) is 0 Å². The summed E-state index contributed by atoms with van der Waals surface area (Å²) >= 11 is 0. The van der Waals surface area contributed by atoms with E-state index in [0.717, 1.165) is 0 Å². The number of aliphatic hydroxyl groups is 2. The minimum absolute atomic E-state index is 0.191. The SMILES string of the molecule is COC(=O)CC[C@H](O[C@@H]1CC[C@@H](O)[C@H](C)O1)[C@H](C)O. The summed E-state index contributed by atoms with van der Waals surface area (Å²) in [6, 6.07) is 0. The Labute approximate surface area is 113 Å². The van der Waals surface area contributed by atoms with Crippen molar-refractivity contribution in [3.05, 3.63) is 0 Å². The Kier molecular flexibility index (Phi) is 6.71. The Morgan fingerprint density at radius 2 is 2.16 bits per heavy atom. The van der Waals surface area contributed by atoms with Gasteiger partial charge in [0.1, 0.15) is 0 Å². The first kappa shape index (κ1) is 16.4. The van der Waals surface area contributed by atoms with Gasteiger partial charge >= 0.3 is 5.97 Å². The lowest BCUT2D eigenvalue weighted by Gasteiger charge is -2.34. The van der Waals surface area contributed by atoms with Crippen LogP contribution >= 0.6 is 0 Å². The Bertz CT molecular complexity index is 280. The summed E-state index contributed by atoms with van der Waals surface area (Å²) in [6.45, 7) is 3.40. The summed E-state index contributed by atoms with van der Waals surface area (Å²) < 4.78 is 15.7. The van der Waals surface area contributed by atoms with E-state index in [9.17, 15) is 15.0 Å². The van der Waals surface area contributed by atoms with Gasteiger partial charge in [-0.25, -0.2) is 0 Å². The van der Waals surface area contributed by atoms with Crippen LogP contribution < -0.4 is 0 Å². The highest BCUT2D eigenvalue weighted by molar-refractivity contribution is 5.69. The third-order valence-corrected chi connectivity index (χ3v) is 3.33. The largest absolute Gasteiger partial charge is 0.469 e. The highest BCUT2D eigenvalue weighted by atomic mass is 16.7. The van der Waals surface area contributed by atoms with E-state index in [1.54, 1.807) is 13.8 Å². The monoisotopic (exact) mass is 276 g/mol. The van der Waals surface area contributed by atoms with Crippen LogP contribution in [-0.4, -0.2) is 54.0 Å². The van der Waals surface area contributed by atoms with Gasteiger partial charge in [-0.3, -0.25) is 4.79 Å². The van der Waals surface area contributed by atoms with Crippen LogP contribution in [0.5, 0.6) is 0 Å². The van der Waals surface area contributed by atoms with Crippen LogP contribution in [0, 0.1) is 0 Å². The summed E-state index contributed by atoms with van der Waals surface area (Å²) in [5, 5.41) is 19.2. The molecule has 1 fully saturated rings. The van der Waals surface area contributed by atoms with Gasteiger partial charge in [0.2, 0.25) is 0 Å². The molecule has 112 valence electrons. The first-order chi connectivity index (χ1) is 8.93. The zero-order chi connectivity index (χ0) is 14.4. The maximum atomic E-state index is 11.1. The van der Waals surface area contributed by atoms with Crippen molar-refractivity contribution in [1.82, 2.24) is 0 Å². The minimum atomic E-state index is -0.699. The molecule has 19 heavy (non-hydrogen) atoms. The number of aliphatic hydroxyl groups excluding tert-OH is 2. The molecule has 6 nitrogen and oxygen atoms in total. The molecule has 0 bridgehead atoms. The molecule has 0 aliphatic carbocycles. The van der Waals surface area contributed by atoms with E-state index in [-0.39, 0.29) is 18.5 Å². The topological polar surface area (TPSA) is 85.2 Å². The summed E-state index contributed by atoms with van der Waals surface area (Å²) in [5.74, 6) is -0.331. The second-order valence-electron chi connectivity index (χ2n) is 4.95. The van der Waals surface area contributed by atoms with Crippen molar-refractivity contribution in [2.45, 2.75) is 70.2 Å². The van der Waals surface area contributed by atoms with Crippen molar-refractivity contribution in [3.63, 3.8) is 0 Å². The first-order valence-corrected chi connectivity index (χ1v) is 6.68. The second-order valence-corrected chi connectivity index (χ2v) is 4.95. The number of methoxy groups -OCH3 is 1. The van der Waals surface area contributed by atoms with Crippen LogP contribution in [0.2, 0.25) is 0 Å². The number of hydrogen-bond donors (Lipinski definition) is 2. The highest BCUT2D eigenvalue weighted by Gasteiger charge is 2.30. The van der Waals surface area contributed by atoms with Crippen LogP contribution in [0.15, 0.2) is 0 Å². The fourth-order valence-electron chi connectivity index (χ4n) is 2.02. The molecule has 0 unspecified atom stereocenters. The Hall–Kier alpha value is -0.690. The van der Waals surface area contributed by atoms with Crippen molar-refractivity contribution in [1.29, 1.82) is 0 Å². The predicted octanol–water partition coefficient (Wildman–Crippen LogP) is 0.591. The summed E-state index contributed by atoms with van der Waals surface area (Å²) in [7, 11) is 1.33. The average molecular weight is 276 g/mol. The second kappa shape index (κ2) is 7.79. The van der Waals surface area contributed by atoms with Crippen LogP contribution in [-0.2, 0) is 19.0 Å². The van der Waals surface area contributed by atoms with E-state index in [1.165, 1.54) is 7.11 Å². The van der Waals surface area contributed by atoms with Crippen molar-refractivity contribution in [2.24, 2.45) is 0 Å². The van der Waals surface area contributed by atoms with Gasteiger partial charge in [-0.2, -0.15) is 0 Å². The molecule has 0 spiro atoms. The number of ether oxygens (including phenoxy) is 3. The molecule has 2 N–H and O–H groups in total. The average Bonchev–Trinajstić information content (AvgIpc) is 2.37. The van der Waals surface area contributed by atoms with Crippen molar-refractivity contribution in [2.75, 3.05) is 7.11 Å². The molecule has 0 saturated carbocycles. The van der Waals surface area contributed by atoms with E-state index in [4.69, 9.17) is 9.47 Å². The van der Waals surface area contributed by atoms with Gasteiger partial charge < -0.3 is 24.4 Å². The smallest absolute Gasteiger partial charge is 0.305 e. The van der Waals surface area contributed by atoms with Crippen LogP contribution in [0.25, 0.3) is 0 Å². The molecular formula is C13H24O6. The maximum absolute atomic E-state index is 11.1. The molecular weight excluding hydrogens is 252 g/mol. The normalized spacial score (nSPS) is 30.7. The Morgan fingerprint density at radius 1 is 1.47 bits per heavy atom. The van der Waals surface area contributed by atoms with Crippen LogP contribution in [0.3, 0.4) is 0 Å². The first-order valence-electron chi connectivity index (χ1n) is 6.68. The summed E-state index contributed by atoms with van der Waals surface area (Å²) in [4.78, 5) is 11.1. The van der Waals surface area contributed by atoms with E-state index < -0.39 is 24.6 Å². The predicted molar refractivity (Wildman–Crippen MR) is 67.4 cm³/mol. The molecule has 1 saturated heterocycles. The fraction of sp³-hybridized carbons (Fsp3) is 0.923. The van der Waals surface area contributed by atoms with Gasteiger partial charge in [0, 0.05) is 12.8 Å². The fourth-order valence-corrected chi connectivity index (χ4v) is 2.02. The van der Waals surface area contributed by atoms with Gasteiger partial charge in [0.25, 0.3) is 0 Å². The lowest BCUT2D eigenvalue weighted by atomic mass is 10.1. The maximum Gasteiger partial charge on any atom is 0.305 e. The third-order valence-electron chi connectivity index (χ3n) is 3.33. The van der Waals surface area contributed by atoms with Gasteiger partial charge in [-0.1, -0.05) is 0 Å². The van der Waals surface area contributed by atoms with E-state index in [0.29, 0.717) is 19.3 Å². The number of carbonyl (C=O) groups excluding carboxylic acids is 1. The molecule has 6 heteroatoms. The molecule has 1 aliphatic rings. The standard InChI is InChI=1S/C13H24O6/c1-8(14)11(5-6-12(16)17-3)19-13-7-4-10(15)9(2)18-13/h8-11,13-15H,4-7H2,1-3H3/t8-,9-,10+,11-,13+/m0/s1. The van der Waals surface area contributed by atoms with Crippen molar-refractivity contribution >= 4 is 5.97 Å². The molecule has 0 aromatic heterocycles. The third kappa shape index (κ3) is 5.44. The number of esters is 1. The van der Waals surface area contributed by atoms with Crippen LogP contribution in [0.1, 0.15) is 39.5 Å². The zero-order valence-corrected chi connectivity index (χ0v) is 11.7. The number of hydrogen-bond acceptors (Lipinski definition) is 6. The Balaban J connectivity index is 2.42. The number of carbonyl (C=O) groups is 1. The van der Waals surface area contributed by atoms with E-state index in [1.807, 2.05) is 0 Å². The Morgan fingerprint density at radius 3 is 2.68 bits per heavy atom. The van der Waals surface area contributed by atoms with Gasteiger partial charge in [0.05, 0.1) is 31.5 Å². The molecule has 1 rings (SSSR count). The van der Waals surface area contributed by atoms with Gasteiger partial charge in [0.15, 0.2) is 6.29 Å². The lowest BCUT2D eigenvalue weighted by Crippen LogP contribution is -2.41. The molecule has 1 aliphatic heterocycles. The lowest BCUT2D eigenvalue weighted by molar-refractivity contribution is -0.246. The molecule has 0 amide bonds. The molecule has 0 aromatic rings. The van der Waals surface area contributed by atoms with Gasteiger partial charge in [-0.15, -0.1) is 0 Å². The number of rotatable bonds is 6. The van der Waals surface area contributed by atoms with E-state index in [2.05, 4.69) is 4.74 Å². The summed E-state index contributed by atoms with van der Waals surface area (Å²) in [6.07, 6.45) is -0.632. The molecule has 0 aromatic carbocycles. The molecule has 5 atom stereocenters. The summed E-state index contributed by atoms with van der Waals surface area (Å²) in [5.41, 5.74) is 0. The minimum Gasteiger partial charge on any atom is -0.469 e. The van der Waals surface area contributed by atoms with Crippen LogP contribution in [0.4, 0.5) is 0 Å².